The molecule has 0 aliphatic carbocycles. The number of hydrogen-bond donors (Lipinski definition) is 2. The number of para-hydroxylation sites is 2. The van der Waals surface area contributed by atoms with Crippen molar-refractivity contribution in [3.63, 3.8) is 0 Å². The fraction of sp³-hybridized carbons (Fsp3) is 0.188. The zero-order chi connectivity index (χ0) is 25.9. The summed E-state index contributed by atoms with van der Waals surface area (Å²) in [4.78, 5) is 2.26. The van der Waals surface area contributed by atoms with Crippen molar-refractivity contribution < 1.29 is 19.7 Å². The lowest BCUT2D eigenvalue weighted by Gasteiger charge is -2.25. The molecule has 4 aromatic carbocycles. The number of anilines is 3. The molecular formula is C32H33NO4. The number of benzene rings is 4. The predicted molar refractivity (Wildman–Crippen MR) is 148 cm³/mol. The number of rotatable bonds is 12. The van der Waals surface area contributed by atoms with Gasteiger partial charge in [0.25, 0.3) is 0 Å². The summed E-state index contributed by atoms with van der Waals surface area (Å²) in [7, 11) is 0. The fourth-order valence-electron chi connectivity index (χ4n) is 3.97. The molecule has 5 nitrogen and oxygen atoms in total. The maximum Gasteiger partial charge on any atom is 0.135 e. The summed E-state index contributed by atoms with van der Waals surface area (Å²) in [6, 6.07) is 37.6. The molecule has 37 heavy (non-hydrogen) atoms. The SMILES string of the molecule is CC(=COCC(O)CO)Oc1ccc(CCc2ccc(N(c3ccccc3)c3ccccc3)cc2)cc1. The Kier molecular flexibility index (Phi) is 9.35. The van der Waals surface area contributed by atoms with E-state index in [2.05, 4.69) is 89.8 Å². The second-order valence-corrected chi connectivity index (χ2v) is 8.82. The molecule has 0 saturated carbocycles. The first kappa shape index (κ1) is 26.0. The highest BCUT2D eigenvalue weighted by atomic mass is 16.5. The van der Waals surface area contributed by atoms with Crippen LogP contribution in [0.3, 0.4) is 0 Å². The Balaban J connectivity index is 1.35. The highest BCUT2D eigenvalue weighted by Crippen LogP contribution is 2.34. The van der Waals surface area contributed by atoms with Crippen LogP contribution in [-0.4, -0.2) is 29.5 Å². The van der Waals surface area contributed by atoms with E-state index in [9.17, 15) is 5.11 Å². The molecule has 2 N–H and O–H groups in total. The van der Waals surface area contributed by atoms with E-state index in [-0.39, 0.29) is 13.2 Å². The van der Waals surface area contributed by atoms with Gasteiger partial charge in [0, 0.05) is 17.1 Å². The van der Waals surface area contributed by atoms with Crippen molar-refractivity contribution in [2.75, 3.05) is 18.1 Å². The summed E-state index contributed by atoms with van der Waals surface area (Å²) in [5.74, 6) is 1.29. The van der Waals surface area contributed by atoms with Gasteiger partial charge < -0.3 is 24.6 Å². The Hall–Kier alpha value is -4.06. The van der Waals surface area contributed by atoms with Crippen LogP contribution in [0, 0.1) is 0 Å². The van der Waals surface area contributed by atoms with Crippen molar-refractivity contribution in [3.8, 4) is 5.75 Å². The van der Waals surface area contributed by atoms with Crippen LogP contribution in [0.4, 0.5) is 17.1 Å². The van der Waals surface area contributed by atoms with Crippen LogP contribution in [0.5, 0.6) is 5.75 Å². The maximum atomic E-state index is 9.31. The number of aliphatic hydroxyl groups excluding tert-OH is 2. The monoisotopic (exact) mass is 495 g/mol. The molecular weight excluding hydrogens is 462 g/mol. The van der Waals surface area contributed by atoms with E-state index in [1.807, 2.05) is 24.3 Å². The minimum Gasteiger partial charge on any atom is -0.495 e. The molecule has 4 rings (SSSR count). The molecule has 190 valence electrons. The molecule has 0 aliphatic heterocycles. The van der Waals surface area contributed by atoms with Gasteiger partial charge in [-0.25, -0.2) is 0 Å². The minimum atomic E-state index is -0.897. The van der Waals surface area contributed by atoms with Gasteiger partial charge in [0.2, 0.25) is 0 Å². The topological polar surface area (TPSA) is 62.2 Å². The molecule has 0 radical (unpaired) electrons. The van der Waals surface area contributed by atoms with Gasteiger partial charge in [-0.1, -0.05) is 60.7 Å². The highest BCUT2D eigenvalue weighted by molar-refractivity contribution is 5.76. The standard InChI is InChI=1S/C32H33NO4/c1-25(23-36-24-31(35)22-34)37-32-20-16-27(17-21-32)13-12-26-14-18-30(19-15-26)33(28-8-4-2-5-9-28)29-10-6-3-7-11-29/h2-11,14-21,23,31,34-35H,12-13,22,24H2,1H3. The van der Waals surface area contributed by atoms with Crippen molar-refractivity contribution >= 4 is 17.1 Å². The van der Waals surface area contributed by atoms with Crippen molar-refractivity contribution in [1.29, 1.82) is 0 Å². The summed E-state index contributed by atoms with van der Waals surface area (Å²) in [6.45, 7) is 1.46. The minimum absolute atomic E-state index is 0.0215. The van der Waals surface area contributed by atoms with E-state index in [1.54, 1.807) is 6.92 Å². The van der Waals surface area contributed by atoms with Gasteiger partial charge in [0.05, 0.1) is 6.61 Å². The van der Waals surface area contributed by atoms with E-state index in [4.69, 9.17) is 14.6 Å². The lowest BCUT2D eigenvalue weighted by atomic mass is 10.0. The molecule has 1 unspecified atom stereocenters. The number of aliphatic hydroxyl groups is 2. The normalized spacial score (nSPS) is 12.1. The molecule has 0 fully saturated rings. The third-order valence-corrected chi connectivity index (χ3v) is 5.88. The maximum absolute atomic E-state index is 9.31. The van der Waals surface area contributed by atoms with Crippen LogP contribution in [0.25, 0.3) is 0 Å². The van der Waals surface area contributed by atoms with E-state index in [1.165, 1.54) is 17.4 Å². The molecule has 1 atom stereocenters. The van der Waals surface area contributed by atoms with Crippen molar-refractivity contribution in [2.45, 2.75) is 25.9 Å². The first-order chi connectivity index (χ1) is 18.1. The number of ether oxygens (including phenoxy) is 2. The molecule has 0 heterocycles. The summed E-state index contributed by atoms with van der Waals surface area (Å²) < 4.78 is 10.9. The third-order valence-electron chi connectivity index (χ3n) is 5.88. The quantitative estimate of drug-likeness (QED) is 0.218. The molecule has 0 spiro atoms. The van der Waals surface area contributed by atoms with Gasteiger partial charge in [-0.2, -0.15) is 0 Å². The van der Waals surface area contributed by atoms with Crippen LogP contribution >= 0.6 is 0 Å². The number of allylic oxidation sites excluding steroid dienone is 1. The molecule has 5 heteroatoms. The lowest BCUT2D eigenvalue weighted by Crippen LogP contribution is -2.17. The molecule has 0 aromatic heterocycles. The zero-order valence-corrected chi connectivity index (χ0v) is 21.0. The highest BCUT2D eigenvalue weighted by Gasteiger charge is 2.11. The summed E-state index contributed by atoms with van der Waals surface area (Å²) in [5.41, 5.74) is 5.90. The summed E-state index contributed by atoms with van der Waals surface area (Å²) in [6.07, 6.45) is 2.41. The number of aryl methyl sites for hydroxylation is 2. The van der Waals surface area contributed by atoms with Crippen LogP contribution in [0.2, 0.25) is 0 Å². The molecule has 4 aromatic rings. The van der Waals surface area contributed by atoms with Gasteiger partial charge in [-0.3, -0.25) is 0 Å². The molecule has 0 saturated heterocycles. The van der Waals surface area contributed by atoms with E-state index >= 15 is 0 Å². The Morgan fingerprint density at radius 3 is 1.73 bits per heavy atom. The Morgan fingerprint density at radius 1 is 0.730 bits per heavy atom. The van der Waals surface area contributed by atoms with Crippen LogP contribution < -0.4 is 9.64 Å². The zero-order valence-electron chi connectivity index (χ0n) is 21.0. The molecule has 0 amide bonds. The second kappa shape index (κ2) is 13.3. The van der Waals surface area contributed by atoms with Gasteiger partial charge in [-0.15, -0.1) is 0 Å². The van der Waals surface area contributed by atoms with E-state index in [0.29, 0.717) is 5.76 Å². The second-order valence-electron chi connectivity index (χ2n) is 8.82. The molecule has 0 aliphatic rings. The predicted octanol–water partition coefficient (Wildman–Crippen LogP) is 6.55. The van der Waals surface area contributed by atoms with Crippen molar-refractivity contribution in [1.82, 2.24) is 0 Å². The largest absolute Gasteiger partial charge is 0.495 e. The van der Waals surface area contributed by atoms with E-state index < -0.39 is 6.10 Å². The first-order valence-electron chi connectivity index (χ1n) is 12.5. The van der Waals surface area contributed by atoms with Crippen LogP contribution in [-0.2, 0) is 17.6 Å². The van der Waals surface area contributed by atoms with Gasteiger partial charge >= 0.3 is 0 Å². The first-order valence-corrected chi connectivity index (χ1v) is 12.5. The van der Waals surface area contributed by atoms with Crippen LogP contribution in [0.15, 0.2) is 121 Å². The number of hydrogen-bond acceptors (Lipinski definition) is 5. The average Bonchev–Trinajstić information content (AvgIpc) is 2.94. The number of nitrogens with zero attached hydrogens (tertiary/aromatic N) is 1. The Morgan fingerprint density at radius 2 is 1.22 bits per heavy atom. The molecule has 0 bridgehead atoms. The summed E-state index contributed by atoms with van der Waals surface area (Å²) in [5, 5.41) is 18.1. The summed E-state index contributed by atoms with van der Waals surface area (Å²) >= 11 is 0. The van der Waals surface area contributed by atoms with Gasteiger partial charge in [0.1, 0.15) is 30.5 Å². The van der Waals surface area contributed by atoms with Crippen molar-refractivity contribution in [2.24, 2.45) is 0 Å². The Labute approximate surface area is 218 Å². The third kappa shape index (κ3) is 7.71. The van der Waals surface area contributed by atoms with E-state index in [0.717, 1.165) is 35.7 Å². The lowest BCUT2D eigenvalue weighted by molar-refractivity contribution is 0.0367. The average molecular weight is 496 g/mol. The van der Waals surface area contributed by atoms with Gasteiger partial charge in [0.15, 0.2) is 0 Å². The fourth-order valence-corrected chi connectivity index (χ4v) is 3.97. The van der Waals surface area contributed by atoms with Crippen molar-refractivity contribution in [3.05, 3.63) is 132 Å². The Bertz CT molecular complexity index is 1200. The van der Waals surface area contributed by atoms with Gasteiger partial charge in [-0.05, 0) is 79.4 Å². The smallest absolute Gasteiger partial charge is 0.135 e. The van der Waals surface area contributed by atoms with Crippen LogP contribution in [0.1, 0.15) is 18.1 Å².